The summed E-state index contributed by atoms with van der Waals surface area (Å²) in [6.45, 7) is 13.6. The fourth-order valence-corrected chi connectivity index (χ4v) is 4.16. The SMILES string of the molecule is Cc1c(C2Oc3cc([N+](=O)[O-])c(C(C)(C)C)cc3O2)ccc2ccn(C(C)(C)C)c(=O)c12. The molecule has 1 aromatic heterocycles. The highest BCUT2D eigenvalue weighted by molar-refractivity contribution is 5.86. The van der Waals surface area contributed by atoms with Crippen molar-refractivity contribution in [2.45, 2.75) is 65.7 Å². The van der Waals surface area contributed by atoms with Crippen LogP contribution in [-0.2, 0) is 11.0 Å². The molecule has 0 amide bonds. The molecule has 0 saturated heterocycles. The lowest BCUT2D eigenvalue weighted by Crippen LogP contribution is -2.33. The second kappa shape index (κ2) is 7.08. The molecule has 168 valence electrons. The Hall–Kier alpha value is -3.35. The van der Waals surface area contributed by atoms with E-state index in [9.17, 15) is 14.9 Å². The third-order valence-corrected chi connectivity index (χ3v) is 5.89. The van der Waals surface area contributed by atoms with Crippen LogP contribution in [0.15, 0.2) is 41.3 Å². The topological polar surface area (TPSA) is 83.6 Å². The molecule has 0 aliphatic carbocycles. The van der Waals surface area contributed by atoms with Crippen molar-refractivity contribution in [1.82, 2.24) is 4.57 Å². The van der Waals surface area contributed by atoms with Gasteiger partial charge in [0.2, 0.25) is 0 Å². The summed E-state index contributed by atoms with van der Waals surface area (Å²) in [6.07, 6.45) is 1.03. The first-order chi connectivity index (χ1) is 14.8. The number of ether oxygens (including phenoxy) is 2. The maximum absolute atomic E-state index is 13.3. The van der Waals surface area contributed by atoms with Gasteiger partial charge in [-0.25, -0.2) is 0 Å². The molecule has 1 aliphatic rings. The number of benzene rings is 2. The highest BCUT2D eigenvalue weighted by Crippen LogP contribution is 2.47. The smallest absolute Gasteiger partial charge is 0.277 e. The molecule has 1 unspecified atom stereocenters. The number of pyridine rings is 1. The van der Waals surface area contributed by atoms with Crippen LogP contribution in [0.25, 0.3) is 10.8 Å². The molecule has 1 aliphatic heterocycles. The van der Waals surface area contributed by atoms with Crippen LogP contribution in [0.4, 0.5) is 5.69 Å². The summed E-state index contributed by atoms with van der Waals surface area (Å²) in [5.74, 6) is 0.791. The number of nitrogens with zero attached hydrogens (tertiary/aromatic N) is 2. The zero-order chi connectivity index (χ0) is 23.6. The van der Waals surface area contributed by atoms with E-state index in [0.29, 0.717) is 22.4 Å². The predicted molar refractivity (Wildman–Crippen MR) is 124 cm³/mol. The van der Waals surface area contributed by atoms with E-state index in [0.717, 1.165) is 16.5 Å². The van der Waals surface area contributed by atoms with Crippen molar-refractivity contribution >= 4 is 16.5 Å². The van der Waals surface area contributed by atoms with E-state index in [1.165, 1.54) is 6.07 Å². The van der Waals surface area contributed by atoms with Gasteiger partial charge in [-0.3, -0.25) is 14.9 Å². The number of hydrogen-bond acceptors (Lipinski definition) is 5. The molecule has 0 N–H and O–H groups in total. The lowest BCUT2D eigenvalue weighted by Gasteiger charge is -2.23. The predicted octanol–water partition coefficient (Wildman–Crippen LogP) is 5.74. The second-order valence-electron chi connectivity index (χ2n) is 10.3. The molecule has 7 heteroatoms. The van der Waals surface area contributed by atoms with Gasteiger partial charge in [-0.1, -0.05) is 32.9 Å². The zero-order valence-corrected chi connectivity index (χ0v) is 19.5. The van der Waals surface area contributed by atoms with E-state index in [1.54, 1.807) is 10.6 Å². The van der Waals surface area contributed by atoms with Crippen molar-refractivity contribution < 1.29 is 14.4 Å². The lowest BCUT2D eigenvalue weighted by atomic mass is 9.85. The Balaban J connectivity index is 1.81. The first-order valence-electron chi connectivity index (χ1n) is 10.6. The van der Waals surface area contributed by atoms with Crippen LogP contribution in [0.5, 0.6) is 11.5 Å². The molecular formula is C25H28N2O5. The van der Waals surface area contributed by atoms with Gasteiger partial charge in [0.15, 0.2) is 11.5 Å². The molecule has 32 heavy (non-hydrogen) atoms. The van der Waals surface area contributed by atoms with E-state index in [4.69, 9.17) is 9.47 Å². The van der Waals surface area contributed by atoms with Gasteiger partial charge >= 0.3 is 0 Å². The van der Waals surface area contributed by atoms with Crippen molar-refractivity contribution in [3.05, 3.63) is 73.7 Å². The average Bonchev–Trinajstić information content (AvgIpc) is 3.08. The Kier molecular flexibility index (Phi) is 4.84. The maximum Gasteiger partial charge on any atom is 0.277 e. The number of aromatic nitrogens is 1. The van der Waals surface area contributed by atoms with E-state index >= 15 is 0 Å². The van der Waals surface area contributed by atoms with Gasteiger partial charge in [0, 0.05) is 22.9 Å². The highest BCUT2D eigenvalue weighted by Gasteiger charge is 2.34. The normalized spacial score (nSPS) is 15.9. The summed E-state index contributed by atoms with van der Waals surface area (Å²) in [4.78, 5) is 24.5. The number of nitro groups is 1. The molecule has 2 heterocycles. The highest BCUT2D eigenvalue weighted by atomic mass is 16.7. The number of nitro benzene ring substituents is 1. The van der Waals surface area contributed by atoms with Crippen molar-refractivity contribution in [3.8, 4) is 11.5 Å². The van der Waals surface area contributed by atoms with Gasteiger partial charge in [0.05, 0.1) is 16.4 Å². The molecule has 0 fully saturated rings. The molecular weight excluding hydrogens is 408 g/mol. The monoisotopic (exact) mass is 436 g/mol. The molecule has 7 nitrogen and oxygen atoms in total. The number of aryl methyl sites for hydroxylation is 1. The van der Waals surface area contributed by atoms with Crippen LogP contribution < -0.4 is 15.0 Å². The molecule has 0 spiro atoms. The molecule has 2 aromatic carbocycles. The van der Waals surface area contributed by atoms with Crippen molar-refractivity contribution in [2.24, 2.45) is 0 Å². The van der Waals surface area contributed by atoms with Crippen LogP contribution in [0, 0.1) is 17.0 Å². The summed E-state index contributed by atoms with van der Waals surface area (Å²) in [7, 11) is 0. The summed E-state index contributed by atoms with van der Waals surface area (Å²) in [5, 5.41) is 13.1. The fourth-order valence-electron chi connectivity index (χ4n) is 4.16. The van der Waals surface area contributed by atoms with Crippen LogP contribution in [0.1, 0.15) is 64.5 Å². The van der Waals surface area contributed by atoms with E-state index in [-0.39, 0.29) is 16.8 Å². The quantitative estimate of drug-likeness (QED) is 0.378. The molecule has 0 saturated carbocycles. The standard InChI is InChI=1S/C25H28N2O5/c1-14-16(9-8-15-10-11-26(25(5,6)7)22(28)21(14)15)23-31-19-12-17(24(2,3)4)18(27(29)30)13-20(19)32-23/h8-13,23H,1-7H3. The largest absolute Gasteiger partial charge is 0.447 e. The third-order valence-electron chi connectivity index (χ3n) is 5.89. The number of hydrogen-bond donors (Lipinski definition) is 0. The van der Waals surface area contributed by atoms with E-state index < -0.39 is 16.6 Å². The first-order valence-corrected chi connectivity index (χ1v) is 10.6. The Bertz CT molecular complexity index is 1310. The Morgan fingerprint density at radius 2 is 1.62 bits per heavy atom. The Morgan fingerprint density at radius 1 is 1.00 bits per heavy atom. The van der Waals surface area contributed by atoms with Crippen LogP contribution in [0.2, 0.25) is 0 Å². The molecule has 0 bridgehead atoms. The van der Waals surface area contributed by atoms with Crippen LogP contribution in [-0.4, -0.2) is 9.49 Å². The molecule has 1 atom stereocenters. The summed E-state index contributed by atoms with van der Waals surface area (Å²) in [6, 6.07) is 8.82. The van der Waals surface area contributed by atoms with Crippen LogP contribution >= 0.6 is 0 Å². The third kappa shape index (κ3) is 3.51. The lowest BCUT2D eigenvalue weighted by molar-refractivity contribution is -0.386. The minimum Gasteiger partial charge on any atom is -0.447 e. The fraction of sp³-hybridized carbons (Fsp3) is 0.400. The van der Waals surface area contributed by atoms with Crippen LogP contribution in [0.3, 0.4) is 0 Å². The Morgan fingerprint density at radius 3 is 2.19 bits per heavy atom. The zero-order valence-electron chi connectivity index (χ0n) is 19.5. The minimum atomic E-state index is -0.785. The van der Waals surface area contributed by atoms with Gasteiger partial charge in [0.1, 0.15) is 0 Å². The van der Waals surface area contributed by atoms with Crippen molar-refractivity contribution in [3.63, 3.8) is 0 Å². The summed E-state index contributed by atoms with van der Waals surface area (Å²) < 4.78 is 13.8. The number of rotatable bonds is 2. The van der Waals surface area contributed by atoms with Gasteiger partial charge in [-0.05, 0) is 56.2 Å². The van der Waals surface area contributed by atoms with Gasteiger partial charge in [-0.2, -0.15) is 0 Å². The second-order valence-corrected chi connectivity index (χ2v) is 10.3. The van der Waals surface area contributed by atoms with Gasteiger partial charge < -0.3 is 14.0 Å². The molecule has 0 radical (unpaired) electrons. The molecule has 3 aromatic rings. The summed E-state index contributed by atoms with van der Waals surface area (Å²) >= 11 is 0. The minimum absolute atomic E-state index is 0.00352. The van der Waals surface area contributed by atoms with Crippen molar-refractivity contribution in [1.29, 1.82) is 0 Å². The van der Waals surface area contributed by atoms with Gasteiger partial charge in [-0.15, -0.1) is 0 Å². The van der Waals surface area contributed by atoms with E-state index in [2.05, 4.69) is 0 Å². The average molecular weight is 437 g/mol. The maximum atomic E-state index is 13.3. The van der Waals surface area contributed by atoms with E-state index in [1.807, 2.05) is 72.9 Å². The Labute approximate surface area is 186 Å². The number of fused-ring (bicyclic) bond motifs is 2. The first kappa shape index (κ1) is 21.9. The summed E-state index contributed by atoms with van der Waals surface area (Å²) in [5.41, 5.74) is 1.21. The van der Waals surface area contributed by atoms with Crippen molar-refractivity contribution in [2.75, 3.05) is 0 Å². The molecule has 4 rings (SSSR count). The van der Waals surface area contributed by atoms with Gasteiger partial charge in [0.25, 0.3) is 17.5 Å².